The van der Waals surface area contributed by atoms with Crippen molar-refractivity contribution >= 4 is 33.0 Å². The van der Waals surface area contributed by atoms with Gasteiger partial charge in [0.15, 0.2) is 5.78 Å². The first-order chi connectivity index (χ1) is 6.07. The van der Waals surface area contributed by atoms with Crippen LogP contribution in [0.1, 0.15) is 20.1 Å². The third kappa shape index (κ3) is 2.18. The highest BCUT2D eigenvalue weighted by molar-refractivity contribution is 9.10. The number of Topliss-reactive ketones (excluding diaryl/α,β-unsaturated/α-hetero) is 1. The van der Waals surface area contributed by atoms with E-state index >= 15 is 0 Å². The van der Waals surface area contributed by atoms with Crippen LogP contribution in [0.5, 0.6) is 0 Å². The quantitative estimate of drug-likeness (QED) is 0.848. The summed E-state index contributed by atoms with van der Waals surface area (Å²) < 4.78 is 0.954. The Morgan fingerprint density at radius 2 is 2.08 bits per heavy atom. The van der Waals surface area contributed by atoms with E-state index in [9.17, 15) is 4.79 Å². The summed E-state index contributed by atoms with van der Waals surface area (Å²) in [5.74, 6) is 0.149. The number of hydrogen-bond acceptors (Lipinski definition) is 3. The van der Waals surface area contributed by atoms with Gasteiger partial charge in [-0.05, 0) is 36.8 Å². The molecule has 1 aromatic heterocycles. The topological polar surface area (TPSA) is 29.1 Å². The van der Waals surface area contributed by atoms with Crippen molar-refractivity contribution in [1.29, 1.82) is 0 Å². The Morgan fingerprint density at radius 1 is 1.46 bits per heavy atom. The van der Waals surface area contributed by atoms with Crippen LogP contribution in [0.4, 0.5) is 0 Å². The van der Waals surface area contributed by atoms with Crippen LogP contribution >= 0.6 is 27.3 Å². The molecule has 2 nitrogen and oxygen atoms in total. The minimum absolute atomic E-state index is 0.149. The molecular weight excluding hydrogens is 250 g/mol. The summed E-state index contributed by atoms with van der Waals surface area (Å²) in [5.41, 5.74) is 0.830. The van der Waals surface area contributed by atoms with Crippen molar-refractivity contribution in [3.8, 4) is 0 Å². The van der Waals surface area contributed by atoms with Crippen LogP contribution in [0.3, 0.4) is 0 Å². The summed E-state index contributed by atoms with van der Waals surface area (Å²) in [6.07, 6.45) is 0. The predicted molar refractivity (Wildman–Crippen MR) is 59.8 cm³/mol. The van der Waals surface area contributed by atoms with Gasteiger partial charge in [0.05, 0.1) is 6.54 Å². The van der Waals surface area contributed by atoms with Crippen LogP contribution < -0.4 is 5.32 Å². The Kier molecular flexibility index (Phi) is 3.64. The van der Waals surface area contributed by atoms with Gasteiger partial charge in [0.2, 0.25) is 0 Å². The maximum absolute atomic E-state index is 11.6. The summed E-state index contributed by atoms with van der Waals surface area (Å²) in [7, 11) is 1.78. The van der Waals surface area contributed by atoms with Crippen LogP contribution in [0, 0.1) is 13.8 Å². The average Bonchev–Trinajstić information content (AvgIpc) is 2.27. The van der Waals surface area contributed by atoms with E-state index in [0.717, 1.165) is 19.8 Å². The SMILES string of the molecule is CNCC(=O)c1c(C)sc(C)c1Br. The molecule has 0 atom stereocenters. The molecule has 0 radical (unpaired) electrons. The number of rotatable bonds is 3. The fourth-order valence-electron chi connectivity index (χ4n) is 1.22. The lowest BCUT2D eigenvalue weighted by atomic mass is 10.1. The van der Waals surface area contributed by atoms with Gasteiger partial charge in [-0.15, -0.1) is 11.3 Å². The van der Waals surface area contributed by atoms with Crippen LogP contribution in [0.2, 0.25) is 0 Å². The molecule has 1 rings (SSSR count). The smallest absolute Gasteiger partial charge is 0.178 e. The van der Waals surface area contributed by atoms with E-state index in [0.29, 0.717) is 6.54 Å². The van der Waals surface area contributed by atoms with Crippen LogP contribution in [0.25, 0.3) is 0 Å². The molecule has 0 aliphatic rings. The molecule has 0 aromatic carbocycles. The number of aryl methyl sites for hydroxylation is 2. The molecular formula is C9H12BrNOS. The van der Waals surface area contributed by atoms with Crippen LogP contribution in [0.15, 0.2) is 4.47 Å². The zero-order valence-electron chi connectivity index (χ0n) is 7.90. The second kappa shape index (κ2) is 4.35. The molecule has 0 saturated heterocycles. The van der Waals surface area contributed by atoms with Gasteiger partial charge in [0, 0.05) is 19.8 Å². The number of nitrogens with one attached hydrogen (secondary N) is 1. The summed E-state index contributed by atoms with van der Waals surface area (Å²) in [6.45, 7) is 4.39. The minimum Gasteiger partial charge on any atom is -0.313 e. The lowest BCUT2D eigenvalue weighted by Gasteiger charge is -1.99. The molecule has 1 N–H and O–H groups in total. The fraction of sp³-hybridized carbons (Fsp3) is 0.444. The number of carbonyl (C=O) groups excluding carboxylic acids is 1. The third-order valence-corrected chi connectivity index (χ3v) is 4.08. The van der Waals surface area contributed by atoms with Crippen molar-refractivity contribution in [2.45, 2.75) is 13.8 Å². The second-order valence-corrected chi connectivity index (χ2v) is 5.08. The molecule has 0 bridgehead atoms. The molecule has 13 heavy (non-hydrogen) atoms. The first kappa shape index (κ1) is 10.9. The maximum atomic E-state index is 11.6. The van der Waals surface area contributed by atoms with Gasteiger partial charge in [-0.3, -0.25) is 4.79 Å². The number of carbonyl (C=O) groups is 1. The molecule has 4 heteroatoms. The Hall–Kier alpha value is -0.190. The van der Waals surface area contributed by atoms with E-state index in [2.05, 4.69) is 21.2 Å². The third-order valence-electron chi connectivity index (χ3n) is 1.80. The van der Waals surface area contributed by atoms with E-state index in [1.165, 1.54) is 0 Å². The number of thiophene rings is 1. The summed E-state index contributed by atoms with van der Waals surface area (Å²) >= 11 is 5.09. The van der Waals surface area contributed by atoms with E-state index < -0.39 is 0 Å². The Labute approximate surface area is 90.5 Å². The Morgan fingerprint density at radius 3 is 2.46 bits per heavy atom. The first-order valence-electron chi connectivity index (χ1n) is 4.01. The van der Waals surface area contributed by atoms with E-state index in [4.69, 9.17) is 0 Å². The molecule has 72 valence electrons. The van der Waals surface area contributed by atoms with Crippen molar-refractivity contribution in [3.63, 3.8) is 0 Å². The maximum Gasteiger partial charge on any atom is 0.178 e. The summed E-state index contributed by atoms with van der Waals surface area (Å²) in [6, 6.07) is 0. The van der Waals surface area contributed by atoms with Crippen molar-refractivity contribution in [3.05, 3.63) is 19.8 Å². The van der Waals surface area contributed by atoms with Crippen LogP contribution in [-0.4, -0.2) is 19.4 Å². The number of halogens is 1. The molecule has 0 amide bonds. The molecule has 0 unspecified atom stereocenters. The van der Waals surface area contributed by atoms with Crippen molar-refractivity contribution in [1.82, 2.24) is 5.32 Å². The molecule has 0 aliphatic heterocycles. The van der Waals surface area contributed by atoms with Gasteiger partial charge in [0.25, 0.3) is 0 Å². The molecule has 0 saturated carbocycles. The molecule has 0 aliphatic carbocycles. The minimum atomic E-state index is 0.149. The van der Waals surface area contributed by atoms with Crippen molar-refractivity contribution < 1.29 is 4.79 Å². The number of hydrogen-bond donors (Lipinski definition) is 1. The second-order valence-electron chi connectivity index (χ2n) is 2.86. The van der Waals surface area contributed by atoms with Gasteiger partial charge in [0.1, 0.15) is 0 Å². The zero-order valence-corrected chi connectivity index (χ0v) is 10.3. The van der Waals surface area contributed by atoms with E-state index in [-0.39, 0.29) is 5.78 Å². The van der Waals surface area contributed by atoms with E-state index in [1.54, 1.807) is 18.4 Å². The van der Waals surface area contributed by atoms with Crippen molar-refractivity contribution in [2.24, 2.45) is 0 Å². The summed E-state index contributed by atoms with van der Waals surface area (Å²) in [4.78, 5) is 13.9. The Bertz CT molecular complexity index is 333. The highest BCUT2D eigenvalue weighted by Crippen LogP contribution is 2.32. The standard InChI is InChI=1S/C9H12BrNOS/c1-5-8(7(12)4-11-3)9(10)6(2)13-5/h11H,4H2,1-3H3. The lowest BCUT2D eigenvalue weighted by molar-refractivity contribution is 0.0993. The molecule has 0 fully saturated rings. The molecule has 1 aromatic rings. The fourth-order valence-corrected chi connectivity index (χ4v) is 3.09. The lowest BCUT2D eigenvalue weighted by Crippen LogP contribution is -2.18. The van der Waals surface area contributed by atoms with Crippen LogP contribution in [-0.2, 0) is 0 Å². The molecule has 0 spiro atoms. The number of ketones is 1. The first-order valence-corrected chi connectivity index (χ1v) is 5.62. The van der Waals surface area contributed by atoms with Gasteiger partial charge in [-0.25, -0.2) is 0 Å². The molecule has 1 heterocycles. The number of likely N-dealkylation sites (N-methyl/N-ethyl adjacent to an activating group) is 1. The van der Waals surface area contributed by atoms with Gasteiger partial charge in [-0.2, -0.15) is 0 Å². The van der Waals surface area contributed by atoms with E-state index in [1.807, 2.05) is 13.8 Å². The van der Waals surface area contributed by atoms with Crippen molar-refractivity contribution in [2.75, 3.05) is 13.6 Å². The highest BCUT2D eigenvalue weighted by atomic mass is 79.9. The average molecular weight is 262 g/mol. The highest BCUT2D eigenvalue weighted by Gasteiger charge is 2.16. The zero-order chi connectivity index (χ0) is 10.0. The van der Waals surface area contributed by atoms with Gasteiger partial charge < -0.3 is 5.32 Å². The Balaban J connectivity index is 3.06. The largest absolute Gasteiger partial charge is 0.313 e. The summed E-state index contributed by atoms with van der Waals surface area (Å²) in [5, 5.41) is 2.86. The van der Waals surface area contributed by atoms with Gasteiger partial charge >= 0.3 is 0 Å². The monoisotopic (exact) mass is 261 g/mol. The predicted octanol–water partition coefficient (Wildman–Crippen LogP) is 2.53. The normalized spacial score (nSPS) is 10.5. The van der Waals surface area contributed by atoms with Gasteiger partial charge in [-0.1, -0.05) is 0 Å².